The third kappa shape index (κ3) is 6.53. The van der Waals surface area contributed by atoms with Crippen LogP contribution in [0.4, 0.5) is 4.39 Å². The van der Waals surface area contributed by atoms with Gasteiger partial charge in [-0.25, -0.2) is 9.38 Å². The van der Waals surface area contributed by atoms with Crippen molar-refractivity contribution in [2.24, 2.45) is 10.7 Å². The van der Waals surface area contributed by atoms with Crippen molar-refractivity contribution in [1.29, 1.82) is 0 Å². The average molecular weight is 379 g/mol. The molecule has 106 valence electrons. The van der Waals surface area contributed by atoms with Crippen LogP contribution in [-0.2, 0) is 13.2 Å². The first-order valence-electron chi connectivity index (χ1n) is 5.59. The molecule has 0 unspecified atom stereocenters. The van der Waals surface area contributed by atoms with Gasteiger partial charge < -0.3 is 16.2 Å². The highest BCUT2D eigenvalue weighted by Crippen LogP contribution is 2.11. The molecular weight excluding hydrogens is 360 g/mol. The number of aliphatic hydroxyl groups excluding tert-OH is 1. The Morgan fingerprint density at radius 2 is 2.21 bits per heavy atom. The zero-order valence-electron chi connectivity index (χ0n) is 10.8. The molecule has 6 heteroatoms. The molecule has 0 spiro atoms. The van der Waals surface area contributed by atoms with Gasteiger partial charge >= 0.3 is 0 Å². The Bertz CT molecular complexity index is 463. The summed E-state index contributed by atoms with van der Waals surface area (Å²) in [6.45, 7) is 6.20. The summed E-state index contributed by atoms with van der Waals surface area (Å²) in [5.74, 6) is -0.105. The maximum Gasteiger partial charge on any atom is 0.189 e. The molecule has 4 N–H and O–H groups in total. The molecule has 4 nitrogen and oxygen atoms in total. The lowest BCUT2D eigenvalue weighted by Gasteiger charge is -2.06. The minimum Gasteiger partial charge on any atom is -0.392 e. The molecule has 0 radical (unpaired) electrons. The van der Waals surface area contributed by atoms with Gasteiger partial charge in [0.2, 0.25) is 0 Å². The zero-order valence-corrected chi connectivity index (χ0v) is 13.1. The number of guanidine groups is 1. The molecule has 1 aromatic carbocycles. The van der Waals surface area contributed by atoms with E-state index in [0.717, 1.165) is 11.1 Å². The fourth-order valence-electron chi connectivity index (χ4n) is 1.32. The van der Waals surface area contributed by atoms with Crippen molar-refractivity contribution in [3.63, 3.8) is 0 Å². The van der Waals surface area contributed by atoms with Crippen LogP contribution in [0.3, 0.4) is 0 Å². The molecule has 1 rings (SSSR count). The van der Waals surface area contributed by atoms with Crippen molar-refractivity contribution >= 4 is 29.9 Å². The summed E-state index contributed by atoms with van der Waals surface area (Å²) in [5, 5.41) is 11.8. The first kappa shape index (κ1) is 17.8. The van der Waals surface area contributed by atoms with Gasteiger partial charge in [0.15, 0.2) is 5.96 Å². The Balaban J connectivity index is 0.00000324. The number of nitrogens with one attached hydrogen (secondary N) is 1. The Labute approximate surface area is 129 Å². The molecule has 0 aliphatic carbocycles. The van der Waals surface area contributed by atoms with Crippen LogP contribution in [0.1, 0.15) is 18.1 Å². The smallest absolute Gasteiger partial charge is 0.189 e. The van der Waals surface area contributed by atoms with E-state index in [-0.39, 0.29) is 36.1 Å². The standard InChI is InChI=1S/C13H18FN3O.HI/c1-9(2)6-16-13(15)17-7-10-3-4-12(14)11(5-10)8-18;/h3-5,18H,1,6-8H2,2H3,(H3,15,16,17);1H. The molecule has 0 amide bonds. The predicted octanol–water partition coefficient (Wildman–Crippen LogP) is 1.92. The number of aliphatic hydroxyl groups is 1. The Kier molecular flexibility index (Phi) is 8.33. The quantitative estimate of drug-likeness (QED) is 0.317. The summed E-state index contributed by atoms with van der Waals surface area (Å²) in [5.41, 5.74) is 7.65. The largest absolute Gasteiger partial charge is 0.392 e. The van der Waals surface area contributed by atoms with Gasteiger partial charge in [-0.2, -0.15) is 0 Å². The van der Waals surface area contributed by atoms with Crippen molar-refractivity contribution in [3.8, 4) is 0 Å². The van der Waals surface area contributed by atoms with Gasteiger partial charge in [-0.3, -0.25) is 0 Å². The van der Waals surface area contributed by atoms with Gasteiger partial charge in [0.1, 0.15) is 5.82 Å². The molecule has 19 heavy (non-hydrogen) atoms. The van der Waals surface area contributed by atoms with Crippen LogP contribution in [0.25, 0.3) is 0 Å². The van der Waals surface area contributed by atoms with E-state index in [0.29, 0.717) is 19.0 Å². The molecule has 1 aromatic rings. The van der Waals surface area contributed by atoms with Crippen LogP contribution in [-0.4, -0.2) is 17.6 Å². The van der Waals surface area contributed by atoms with E-state index in [4.69, 9.17) is 10.8 Å². The Hall–Kier alpha value is -1.15. The second kappa shape index (κ2) is 8.87. The van der Waals surface area contributed by atoms with E-state index in [2.05, 4.69) is 16.9 Å². The van der Waals surface area contributed by atoms with Crippen molar-refractivity contribution in [1.82, 2.24) is 5.32 Å². The van der Waals surface area contributed by atoms with E-state index < -0.39 is 5.82 Å². The molecule has 0 aliphatic rings. The lowest BCUT2D eigenvalue weighted by atomic mass is 10.1. The van der Waals surface area contributed by atoms with Gasteiger partial charge in [0.05, 0.1) is 13.2 Å². The van der Waals surface area contributed by atoms with Crippen molar-refractivity contribution < 1.29 is 9.50 Å². The fraction of sp³-hybridized carbons (Fsp3) is 0.308. The van der Waals surface area contributed by atoms with Gasteiger partial charge in [-0.15, -0.1) is 24.0 Å². The van der Waals surface area contributed by atoms with Crippen molar-refractivity contribution in [2.75, 3.05) is 6.54 Å². The Morgan fingerprint density at radius 3 is 2.79 bits per heavy atom. The van der Waals surface area contributed by atoms with Crippen molar-refractivity contribution in [2.45, 2.75) is 20.1 Å². The maximum absolute atomic E-state index is 13.1. The second-order valence-corrected chi connectivity index (χ2v) is 4.10. The minimum atomic E-state index is -0.418. The number of halogens is 2. The number of benzene rings is 1. The number of nitrogens with two attached hydrogens (primary N) is 1. The van der Waals surface area contributed by atoms with Crippen LogP contribution in [0.5, 0.6) is 0 Å². The highest BCUT2D eigenvalue weighted by Gasteiger charge is 2.02. The summed E-state index contributed by atoms with van der Waals surface area (Å²) in [4.78, 5) is 4.11. The van der Waals surface area contributed by atoms with Crippen molar-refractivity contribution in [3.05, 3.63) is 47.3 Å². The normalized spacial score (nSPS) is 10.8. The Morgan fingerprint density at radius 1 is 1.53 bits per heavy atom. The highest BCUT2D eigenvalue weighted by molar-refractivity contribution is 14.0. The molecule has 0 saturated carbocycles. The highest BCUT2D eigenvalue weighted by atomic mass is 127. The second-order valence-electron chi connectivity index (χ2n) is 4.10. The van der Waals surface area contributed by atoms with Crippen LogP contribution in [0.2, 0.25) is 0 Å². The predicted molar refractivity (Wildman–Crippen MR) is 85.9 cm³/mol. The molecule has 0 fully saturated rings. The fourth-order valence-corrected chi connectivity index (χ4v) is 1.32. The summed E-state index contributed by atoms with van der Waals surface area (Å²) < 4.78 is 13.1. The molecule has 0 saturated heterocycles. The number of hydrogen-bond donors (Lipinski definition) is 3. The minimum absolute atomic E-state index is 0. The maximum atomic E-state index is 13.1. The zero-order chi connectivity index (χ0) is 13.5. The summed E-state index contributed by atoms with van der Waals surface area (Å²) in [7, 11) is 0. The van der Waals surface area contributed by atoms with E-state index in [9.17, 15) is 4.39 Å². The van der Waals surface area contributed by atoms with Crippen LogP contribution in [0.15, 0.2) is 35.3 Å². The van der Waals surface area contributed by atoms with Gasteiger partial charge in [0, 0.05) is 12.1 Å². The third-order valence-electron chi connectivity index (χ3n) is 2.28. The van der Waals surface area contributed by atoms with E-state index >= 15 is 0 Å². The molecule has 0 aromatic heterocycles. The van der Waals surface area contributed by atoms with E-state index in [1.165, 1.54) is 6.07 Å². The lowest BCUT2D eigenvalue weighted by Crippen LogP contribution is -2.32. The topological polar surface area (TPSA) is 70.6 Å². The van der Waals surface area contributed by atoms with Crippen LogP contribution < -0.4 is 11.1 Å². The van der Waals surface area contributed by atoms with Gasteiger partial charge in [-0.05, 0) is 24.6 Å². The summed E-state index contributed by atoms with van der Waals surface area (Å²) in [6.07, 6.45) is 0. The van der Waals surface area contributed by atoms with E-state index in [1.54, 1.807) is 12.1 Å². The molecule has 0 atom stereocenters. The number of aliphatic imine (C=N–C) groups is 1. The van der Waals surface area contributed by atoms with Crippen LogP contribution in [0, 0.1) is 5.82 Å². The molecule has 0 bridgehead atoms. The number of rotatable bonds is 5. The molecule has 0 aliphatic heterocycles. The monoisotopic (exact) mass is 379 g/mol. The number of nitrogens with zero attached hydrogens (tertiary/aromatic N) is 1. The summed E-state index contributed by atoms with van der Waals surface area (Å²) in [6, 6.07) is 4.50. The summed E-state index contributed by atoms with van der Waals surface area (Å²) >= 11 is 0. The average Bonchev–Trinajstić information content (AvgIpc) is 2.35. The first-order valence-corrected chi connectivity index (χ1v) is 5.59. The SMILES string of the molecule is C=C(C)CNC(N)=NCc1ccc(F)c(CO)c1.I. The van der Waals surface area contributed by atoms with Gasteiger partial charge in [0.25, 0.3) is 0 Å². The van der Waals surface area contributed by atoms with Gasteiger partial charge in [-0.1, -0.05) is 18.2 Å². The first-order chi connectivity index (χ1) is 8.52. The van der Waals surface area contributed by atoms with E-state index in [1.807, 2.05) is 6.92 Å². The third-order valence-corrected chi connectivity index (χ3v) is 2.28. The lowest BCUT2D eigenvalue weighted by molar-refractivity contribution is 0.275. The number of hydrogen-bond acceptors (Lipinski definition) is 2. The van der Waals surface area contributed by atoms with Crippen LogP contribution >= 0.6 is 24.0 Å². The molecular formula is C13H19FIN3O. The molecule has 0 heterocycles.